The predicted molar refractivity (Wildman–Crippen MR) is 148 cm³/mol. The highest BCUT2D eigenvalue weighted by Crippen LogP contribution is 2.29. The maximum atomic E-state index is 13.4. The van der Waals surface area contributed by atoms with Gasteiger partial charge in [-0.3, -0.25) is 9.59 Å². The van der Waals surface area contributed by atoms with Crippen LogP contribution < -0.4 is 15.6 Å². The molecule has 0 radical (unpaired) electrons. The number of aromatic nitrogens is 2. The fraction of sp³-hybridized carbons (Fsp3) is 0.269. The summed E-state index contributed by atoms with van der Waals surface area (Å²) in [5.41, 5.74) is 1.59. The molecule has 1 aliphatic heterocycles. The van der Waals surface area contributed by atoms with Crippen LogP contribution in [0, 0.1) is 0 Å². The summed E-state index contributed by atoms with van der Waals surface area (Å²) in [7, 11) is -3.07. The van der Waals surface area contributed by atoms with Crippen LogP contribution in [0.1, 0.15) is 39.7 Å². The third-order valence-electron chi connectivity index (χ3n) is 6.63. The molecule has 0 bridgehead atoms. The number of carbonyl (C=O) groups is 1. The van der Waals surface area contributed by atoms with E-state index >= 15 is 0 Å². The Labute approximate surface area is 223 Å². The van der Waals surface area contributed by atoms with Gasteiger partial charge >= 0.3 is 0 Å². The first-order valence-corrected chi connectivity index (χ1v) is 14.9. The molecular formula is C26H25ClN4O4S2. The molecule has 1 fully saturated rings. The third-order valence-corrected chi connectivity index (χ3v) is 9.60. The smallest absolute Gasteiger partial charge is 0.263 e. The Morgan fingerprint density at radius 2 is 1.92 bits per heavy atom. The molecule has 1 saturated heterocycles. The maximum Gasteiger partial charge on any atom is 0.263 e. The number of aromatic amines is 1. The van der Waals surface area contributed by atoms with Crippen LogP contribution in [0.2, 0.25) is 5.02 Å². The Kier molecular flexibility index (Phi) is 7.06. The Bertz CT molecular complexity index is 1610. The van der Waals surface area contributed by atoms with Crippen molar-refractivity contribution in [1.29, 1.82) is 0 Å². The van der Waals surface area contributed by atoms with Crippen molar-refractivity contribution < 1.29 is 13.2 Å². The number of fused-ring (bicyclic) bond motifs is 1. The van der Waals surface area contributed by atoms with Gasteiger partial charge in [0, 0.05) is 41.5 Å². The molecule has 4 aromatic rings. The van der Waals surface area contributed by atoms with E-state index in [-0.39, 0.29) is 16.6 Å². The number of benzene rings is 2. The summed E-state index contributed by atoms with van der Waals surface area (Å²) in [5.74, 6) is -0.348. The van der Waals surface area contributed by atoms with Crippen molar-refractivity contribution in [1.82, 2.24) is 15.3 Å². The average molecular weight is 557 g/mol. The van der Waals surface area contributed by atoms with Gasteiger partial charge < -0.3 is 15.2 Å². The second-order valence-electron chi connectivity index (χ2n) is 9.10. The molecule has 0 saturated carbocycles. The van der Waals surface area contributed by atoms with E-state index in [1.165, 1.54) is 23.8 Å². The fourth-order valence-corrected chi connectivity index (χ4v) is 6.71. The first-order valence-electron chi connectivity index (χ1n) is 11.8. The zero-order valence-corrected chi connectivity index (χ0v) is 22.4. The van der Waals surface area contributed by atoms with Crippen LogP contribution >= 0.6 is 22.9 Å². The molecule has 192 valence electrons. The van der Waals surface area contributed by atoms with Gasteiger partial charge in [0.15, 0.2) is 10.6 Å². The number of sulfone groups is 1. The molecule has 1 aliphatic rings. The number of hydrogen-bond acceptors (Lipinski definition) is 7. The maximum absolute atomic E-state index is 13.4. The topological polar surface area (TPSA) is 112 Å². The van der Waals surface area contributed by atoms with E-state index in [0.29, 0.717) is 57.4 Å². The number of anilines is 1. The van der Waals surface area contributed by atoms with Gasteiger partial charge in [-0.05, 0) is 36.6 Å². The monoisotopic (exact) mass is 556 g/mol. The third kappa shape index (κ3) is 5.41. The lowest BCUT2D eigenvalue weighted by molar-refractivity contribution is 0.0946. The summed E-state index contributed by atoms with van der Waals surface area (Å²) in [6.45, 7) is 1.13. The van der Waals surface area contributed by atoms with Crippen LogP contribution in [-0.4, -0.2) is 48.9 Å². The number of hydrogen-bond donors (Lipinski definition) is 2. The Balaban J connectivity index is 1.40. The van der Waals surface area contributed by atoms with Crippen LogP contribution in [0.15, 0.2) is 65.7 Å². The Morgan fingerprint density at radius 3 is 2.62 bits per heavy atom. The van der Waals surface area contributed by atoms with Gasteiger partial charge in [0.05, 0.1) is 23.0 Å². The molecule has 5 rings (SSSR count). The summed E-state index contributed by atoms with van der Waals surface area (Å²) in [4.78, 5) is 36.7. The van der Waals surface area contributed by atoms with Crippen molar-refractivity contribution in [2.45, 2.75) is 24.1 Å². The van der Waals surface area contributed by atoms with Crippen LogP contribution in [0.4, 0.5) is 5.13 Å². The van der Waals surface area contributed by atoms with Crippen molar-refractivity contribution in [3.63, 3.8) is 0 Å². The van der Waals surface area contributed by atoms with Crippen molar-refractivity contribution in [2.75, 3.05) is 24.2 Å². The van der Waals surface area contributed by atoms with Gasteiger partial charge in [0.2, 0.25) is 0 Å². The number of rotatable bonds is 6. The largest absolute Gasteiger partial charge is 0.361 e. The predicted octanol–water partition coefficient (Wildman–Crippen LogP) is 4.17. The highest BCUT2D eigenvalue weighted by molar-refractivity contribution is 7.91. The molecule has 2 aromatic carbocycles. The lowest BCUT2D eigenvalue weighted by Crippen LogP contribution is -2.38. The number of nitrogens with zero attached hydrogens (tertiary/aromatic N) is 2. The number of thiazole rings is 1. The molecule has 37 heavy (non-hydrogen) atoms. The van der Waals surface area contributed by atoms with E-state index in [9.17, 15) is 18.0 Å². The molecule has 8 nitrogen and oxygen atoms in total. The number of carbonyl (C=O) groups excluding carboxylic acids is 1. The molecule has 2 aromatic heterocycles. The number of halogens is 1. The number of piperidine rings is 1. The molecule has 0 spiro atoms. The molecule has 1 atom stereocenters. The molecule has 3 heterocycles. The zero-order valence-electron chi connectivity index (χ0n) is 20.0. The lowest BCUT2D eigenvalue weighted by atomic mass is 9.98. The minimum atomic E-state index is -3.07. The van der Waals surface area contributed by atoms with Crippen molar-refractivity contribution in [3.8, 4) is 0 Å². The van der Waals surface area contributed by atoms with E-state index < -0.39 is 15.9 Å². The van der Waals surface area contributed by atoms with E-state index in [1.54, 1.807) is 24.4 Å². The number of nitrogens with one attached hydrogen (secondary N) is 2. The lowest BCUT2D eigenvalue weighted by Gasteiger charge is -2.30. The fourth-order valence-electron chi connectivity index (χ4n) is 4.60. The number of pyridine rings is 1. The van der Waals surface area contributed by atoms with Gasteiger partial charge in [0.25, 0.3) is 5.91 Å². The molecule has 1 amide bonds. The van der Waals surface area contributed by atoms with Crippen LogP contribution in [0.5, 0.6) is 0 Å². The standard InChI is InChI=1S/C26H25ClN4O4S2/c1-37(34,35)18-9-11-31(12-10-18)26-29-15-22(36-26)25(33)30-23(16-5-3-2-4-6-16)20-14-28-21-13-17(27)7-8-19(21)24(20)32/h2-8,13-15,18,23H,9-12H2,1H3,(H,28,32)(H,30,33). The first-order chi connectivity index (χ1) is 17.7. The summed E-state index contributed by atoms with van der Waals surface area (Å²) in [6, 6.07) is 13.6. The van der Waals surface area contributed by atoms with E-state index in [4.69, 9.17) is 11.6 Å². The minimum Gasteiger partial charge on any atom is -0.361 e. The molecule has 1 unspecified atom stereocenters. The van der Waals surface area contributed by atoms with Crippen LogP contribution in [-0.2, 0) is 9.84 Å². The SMILES string of the molecule is CS(=O)(=O)C1CCN(c2ncc(C(=O)NC(c3ccccc3)c3c[nH]c4cc(Cl)ccc4c3=O)s2)CC1. The number of amides is 1. The van der Waals surface area contributed by atoms with E-state index in [2.05, 4.69) is 15.3 Å². The van der Waals surface area contributed by atoms with Gasteiger partial charge in [-0.1, -0.05) is 53.3 Å². The normalized spacial score (nSPS) is 15.6. The van der Waals surface area contributed by atoms with E-state index in [1.807, 2.05) is 35.2 Å². The van der Waals surface area contributed by atoms with Gasteiger partial charge in [-0.15, -0.1) is 0 Å². The quantitative estimate of drug-likeness (QED) is 0.368. The second-order valence-corrected chi connectivity index (χ2v) is 12.9. The Morgan fingerprint density at radius 1 is 1.19 bits per heavy atom. The molecule has 2 N–H and O–H groups in total. The summed E-state index contributed by atoms with van der Waals surface area (Å²) in [6.07, 6.45) is 5.48. The van der Waals surface area contributed by atoms with Crippen LogP contribution in [0.3, 0.4) is 0 Å². The van der Waals surface area contributed by atoms with Crippen LogP contribution in [0.25, 0.3) is 10.9 Å². The summed E-state index contributed by atoms with van der Waals surface area (Å²) < 4.78 is 23.7. The average Bonchev–Trinajstić information content (AvgIpc) is 3.38. The molecular weight excluding hydrogens is 532 g/mol. The van der Waals surface area contributed by atoms with Crippen molar-refractivity contribution in [2.24, 2.45) is 0 Å². The highest BCUT2D eigenvalue weighted by Gasteiger charge is 2.29. The number of H-pyrrole nitrogens is 1. The minimum absolute atomic E-state index is 0.196. The van der Waals surface area contributed by atoms with Gasteiger partial charge in [0.1, 0.15) is 14.7 Å². The first kappa shape index (κ1) is 25.4. The van der Waals surface area contributed by atoms with E-state index in [0.717, 1.165) is 5.56 Å². The zero-order chi connectivity index (χ0) is 26.2. The molecule has 11 heteroatoms. The van der Waals surface area contributed by atoms with Crippen molar-refractivity contribution >= 4 is 54.7 Å². The summed E-state index contributed by atoms with van der Waals surface area (Å²) >= 11 is 7.33. The molecule has 0 aliphatic carbocycles. The summed E-state index contributed by atoms with van der Waals surface area (Å²) in [5, 5.41) is 4.35. The van der Waals surface area contributed by atoms with Gasteiger partial charge in [-0.2, -0.15) is 0 Å². The van der Waals surface area contributed by atoms with Gasteiger partial charge in [-0.25, -0.2) is 13.4 Å². The second kappa shape index (κ2) is 10.3. The highest BCUT2D eigenvalue weighted by atomic mass is 35.5. The Hall–Kier alpha value is -3.21. The van der Waals surface area contributed by atoms with Crippen molar-refractivity contribution in [3.05, 3.63) is 92.2 Å².